The molecule has 1 aromatic carbocycles. The standard InChI is InChI=1S/C15H22N2O2/c1-3-19-14-8-11(7-12(16)9-14)15(18)17-13-5-4-10(2)6-13/h7-10,13H,3-6,16H2,1-2H3,(H,17,18). The molecule has 19 heavy (non-hydrogen) atoms. The average molecular weight is 262 g/mol. The number of benzene rings is 1. The summed E-state index contributed by atoms with van der Waals surface area (Å²) in [5, 5.41) is 3.07. The second-order valence-electron chi connectivity index (χ2n) is 5.31. The summed E-state index contributed by atoms with van der Waals surface area (Å²) in [4.78, 5) is 12.2. The minimum absolute atomic E-state index is 0.0626. The Hall–Kier alpha value is -1.71. The number of rotatable bonds is 4. The Morgan fingerprint density at radius 3 is 2.84 bits per heavy atom. The van der Waals surface area contributed by atoms with Crippen LogP contribution in [0, 0.1) is 5.92 Å². The zero-order valence-corrected chi connectivity index (χ0v) is 11.6. The highest BCUT2D eigenvalue weighted by Gasteiger charge is 2.23. The van der Waals surface area contributed by atoms with Gasteiger partial charge in [0.2, 0.25) is 0 Å². The maximum atomic E-state index is 12.2. The topological polar surface area (TPSA) is 64.3 Å². The molecule has 0 radical (unpaired) electrons. The van der Waals surface area contributed by atoms with Crippen molar-refractivity contribution in [1.82, 2.24) is 5.32 Å². The van der Waals surface area contributed by atoms with Crippen molar-refractivity contribution >= 4 is 11.6 Å². The molecule has 1 aliphatic carbocycles. The van der Waals surface area contributed by atoms with Crippen molar-refractivity contribution in [3.05, 3.63) is 23.8 Å². The highest BCUT2D eigenvalue weighted by Crippen LogP contribution is 2.25. The number of nitrogens with one attached hydrogen (secondary N) is 1. The summed E-state index contributed by atoms with van der Waals surface area (Å²) in [5.74, 6) is 1.28. The van der Waals surface area contributed by atoms with E-state index in [-0.39, 0.29) is 5.91 Å². The SMILES string of the molecule is CCOc1cc(N)cc(C(=O)NC2CCC(C)C2)c1. The summed E-state index contributed by atoms with van der Waals surface area (Å²) in [5.41, 5.74) is 6.92. The molecule has 4 nitrogen and oxygen atoms in total. The maximum Gasteiger partial charge on any atom is 0.251 e. The molecule has 0 heterocycles. The molecule has 1 aromatic rings. The Morgan fingerprint density at radius 2 is 2.21 bits per heavy atom. The van der Waals surface area contributed by atoms with E-state index < -0.39 is 0 Å². The summed E-state index contributed by atoms with van der Waals surface area (Å²) >= 11 is 0. The lowest BCUT2D eigenvalue weighted by atomic mass is 10.1. The number of hydrogen-bond donors (Lipinski definition) is 2. The van der Waals surface area contributed by atoms with Crippen molar-refractivity contribution in [1.29, 1.82) is 0 Å². The van der Waals surface area contributed by atoms with Crippen molar-refractivity contribution in [2.45, 2.75) is 39.2 Å². The molecule has 0 aromatic heterocycles. The van der Waals surface area contributed by atoms with Gasteiger partial charge >= 0.3 is 0 Å². The highest BCUT2D eigenvalue weighted by atomic mass is 16.5. The molecule has 0 bridgehead atoms. The van der Waals surface area contributed by atoms with Gasteiger partial charge in [-0.2, -0.15) is 0 Å². The van der Waals surface area contributed by atoms with E-state index >= 15 is 0 Å². The van der Waals surface area contributed by atoms with Crippen LogP contribution in [0.15, 0.2) is 18.2 Å². The van der Waals surface area contributed by atoms with E-state index in [2.05, 4.69) is 12.2 Å². The number of carbonyl (C=O) groups is 1. The molecular formula is C15H22N2O2. The molecule has 2 atom stereocenters. The molecular weight excluding hydrogens is 240 g/mol. The van der Waals surface area contributed by atoms with Gasteiger partial charge in [0, 0.05) is 23.4 Å². The third-order valence-corrected chi connectivity index (χ3v) is 3.53. The van der Waals surface area contributed by atoms with Gasteiger partial charge in [-0.15, -0.1) is 0 Å². The number of amides is 1. The molecule has 0 aliphatic heterocycles. The van der Waals surface area contributed by atoms with Gasteiger partial charge in [-0.1, -0.05) is 6.92 Å². The smallest absolute Gasteiger partial charge is 0.251 e. The van der Waals surface area contributed by atoms with Crippen molar-refractivity contribution in [2.75, 3.05) is 12.3 Å². The zero-order valence-electron chi connectivity index (χ0n) is 11.6. The van der Waals surface area contributed by atoms with E-state index in [9.17, 15) is 4.79 Å². The zero-order chi connectivity index (χ0) is 13.8. The second kappa shape index (κ2) is 5.95. The van der Waals surface area contributed by atoms with Gasteiger partial charge in [0.25, 0.3) is 5.91 Å². The van der Waals surface area contributed by atoms with E-state index in [4.69, 9.17) is 10.5 Å². The third kappa shape index (κ3) is 3.63. The molecule has 2 rings (SSSR count). The van der Waals surface area contributed by atoms with Crippen LogP contribution >= 0.6 is 0 Å². The Morgan fingerprint density at radius 1 is 1.42 bits per heavy atom. The molecule has 3 N–H and O–H groups in total. The number of hydrogen-bond acceptors (Lipinski definition) is 3. The Kier molecular flexibility index (Phi) is 4.30. The van der Waals surface area contributed by atoms with E-state index in [0.29, 0.717) is 35.6 Å². The van der Waals surface area contributed by atoms with Gasteiger partial charge in [-0.25, -0.2) is 0 Å². The minimum Gasteiger partial charge on any atom is -0.494 e. The summed E-state index contributed by atoms with van der Waals surface area (Å²) in [6, 6.07) is 5.46. The molecule has 1 saturated carbocycles. The monoisotopic (exact) mass is 262 g/mol. The van der Waals surface area contributed by atoms with Crippen LogP contribution in [0.25, 0.3) is 0 Å². The molecule has 104 valence electrons. The Balaban J connectivity index is 2.05. The number of nitrogen functional groups attached to an aromatic ring is 1. The molecule has 4 heteroatoms. The third-order valence-electron chi connectivity index (χ3n) is 3.53. The van der Waals surface area contributed by atoms with Gasteiger partial charge < -0.3 is 15.8 Å². The predicted octanol–water partition coefficient (Wildman–Crippen LogP) is 2.59. The Bertz CT molecular complexity index is 459. The normalized spacial score (nSPS) is 22.2. The first kappa shape index (κ1) is 13.7. The molecule has 0 spiro atoms. The van der Waals surface area contributed by atoms with Gasteiger partial charge in [0.15, 0.2) is 0 Å². The van der Waals surface area contributed by atoms with Crippen molar-refractivity contribution in [2.24, 2.45) is 5.92 Å². The minimum atomic E-state index is -0.0626. The number of anilines is 1. The number of carbonyl (C=O) groups excluding carboxylic acids is 1. The lowest BCUT2D eigenvalue weighted by molar-refractivity contribution is 0.0937. The van der Waals surface area contributed by atoms with E-state index in [1.165, 1.54) is 6.42 Å². The van der Waals surface area contributed by atoms with Crippen LogP contribution in [-0.2, 0) is 0 Å². The van der Waals surface area contributed by atoms with Gasteiger partial charge in [-0.3, -0.25) is 4.79 Å². The van der Waals surface area contributed by atoms with E-state index in [0.717, 1.165) is 12.8 Å². The summed E-state index contributed by atoms with van der Waals surface area (Å²) in [6.45, 7) is 4.69. The number of nitrogens with two attached hydrogens (primary N) is 1. The van der Waals surface area contributed by atoms with E-state index in [1.807, 2.05) is 6.92 Å². The van der Waals surface area contributed by atoms with Crippen molar-refractivity contribution in [3.8, 4) is 5.75 Å². The van der Waals surface area contributed by atoms with Crippen LogP contribution in [0.1, 0.15) is 43.5 Å². The van der Waals surface area contributed by atoms with Crippen LogP contribution in [0.3, 0.4) is 0 Å². The fourth-order valence-electron chi connectivity index (χ4n) is 2.61. The quantitative estimate of drug-likeness (QED) is 0.820. The molecule has 0 saturated heterocycles. The molecule has 1 aliphatic rings. The Labute approximate surface area is 114 Å². The summed E-state index contributed by atoms with van der Waals surface area (Å²) < 4.78 is 5.40. The predicted molar refractivity (Wildman–Crippen MR) is 76.3 cm³/mol. The van der Waals surface area contributed by atoms with Gasteiger partial charge in [0.05, 0.1) is 6.61 Å². The molecule has 2 unspecified atom stereocenters. The average Bonchev–Trinajstić information content (AvgIpc) is 2.74. The van der Waals surface area contributed by atoms with Gasteiger partial charge in [0.1, 0.15) is 5.75 Å². The lowest BCUT2D eigenvalue weighted by Gasteiger charge is -2.13. The van der Waals surface area contributed by atoms with Crippen LogP contribution < -0.4 is 15.8 Å². The first-order chi connectivity index (χ1) is 9.08. The highest BCUT2D eigenvalue weighted by molar-refractivity contribution is 5.95. The van der Waals surface area contributed by atoms with E-state index in [1.54, 1.807) is 18.2 Å². The largest absolute Gasteiger partial charge is 0.494 e. The first-order valence-electron chi connectivity index (χ1n) is 6.92. The molecule has 1 fully saturated rings. The lowest BCUT2D eigenvalue weighted by Crippen LogP contribution is -2.32. The van der Waals surface area contributed by atoms with Gasteiger partial charge in [-0.05, 0) is 44.2 Å². The fraction of sp³-hybridized carbons (Fsp3) is 0.533. The van der Waals surface area contributed by atoms with Crippen LogP contribution in [-0.4, -0.2) is 18.6 Å². The van der Waals surface area contributed by atoms with Crippen molar-refractivity contribution in [3.63, 3.8) is 0 Å². The van der Waals surface area contributed by atoms with Crippen LogP contribution in [0.4, 0.5) is 5.69 Å². The second-order valence-corrected chi connectivity index (χ2v) is 5.31. The summed E-state index contributed by atoms with van der Waals surface area (Å²) in [7, 11) is 0. The fourth-order valence-corrected chi connectivity index (χ4v) is 2.61. The summed E-state index contributed by atoms with van der Waals surface area (Å²) in [6.07, 6.45) is 3.31. The first-order valence-corrected chi connectivity index (χ1v) is 6.92. The van der Waals surface area contributed by atoms with Crippen molar-refractivity contribution < 1.29 is 9.53 Å². The van der Waals surface area contributed by atoms with Crippen LogP contribution in [0.2, 0.25) is 0 Å². The molecule has 1 amide bonds. The number of ether oxygens (including phenoxy) is 1. The maximum absolute atomic E-state index is 12.2. The van der Waals surface area contributed by atoms with Crippen LogP contribution in [0.5, 0.6) is 5.75 Å².